The van der Waals surface area contributed by atoms with E-state index < -0.39 is 0 Å². The molecule has 138 valence electrons. The summed E-state index contributed by atoms with van der Waals surface area (Å²) in [5.74, 6) is 6.80. The maximum absolute atomic E-state index is 6.45. The zero-order valence-electron chi connectivity index (χ0n) is 15.4. The van der Waals surface area contributed by atoms with Crippen LogP contribution >= 0.6 is 0 Å². The first-order chi connectivity index (χ1) is 13.2. The highest BCUT2D eigenvalue weighted by molar-refractivity contribution is 5.81. The van der Waals surface area contributed by atoms with E-state index in [1.54, 1.807) is 17.6 Å². The molecule has 0 spiro atoms. The number of anilines is 3. The van der Waals surface area contributed by atoms with Crippen molar-refractivity contribution < 1.29 is 0 Å². The quantitative estimate of drug-likeness (QED) is 0.622. The molecule has 1 aliphatic rings. The zero-order valence-corrected chi connectivity index (χ0v) is 15.4. The van der Waals surface area contributed by atoms with Gasteiger partial charge in [-0.05, 0) is 56.6 Å². The lowest BCUT2D eigenvalue weighted by atomic mass is 9.81. The molecule has 0 saturated heterocycles. The molecule has 0 bridgehead atoms. The smallest absolute Gasteiger partial charge is 0.179 e. The Balaban J connectivity index is 1.88. The Morgan fingerprint density at radius 1 is 1.15 bits per heavy atom. The molecule has 3 aromatic rings. The van der Waals surface area contributed by atoms with Crippen LogP contribution in [0, 0.1) is 11.8 Å². The van der Waals surface area contributed by atoms with Crippen LogP contribution in [-0.4, -0.2) is 20.6 Å². The second-order valence-corrected chi connectivity index (χ2v) is 7.03. The van der Waals surface area contributed by atoms with Gasteiger partial charge in [0.05, 0.1) is 11.9 Å². The maximum atomic E-state index is 6.45. The molecule has 2 aromatic heterocycles. The molecule has 0 atom stereocenters. The van der Waals surface area contributed by atoms with Gasteiger partial charge in [0.25, 0.3) is 0 Å². The second-order valence-electron chi connectivity index (χ2n) is 7.03. The lowest BCUT2D eigenvalue weighted by Gasteiger charge is -2.28. The average Bonchev–Trinajstić information content (AvgIpc) is 3.07. The Bertz CT molecular complexity index is 1000. The van der Waals surface area contributed by atoms with Crippen molar-refractivity contribution in [2.75, 3.05) is 11.1 Å². The third kappa shape index (κ3) is 3.34. The van der Waals surface area contributed by atoms with Gasteiger partial charge in [0.1, 0.15) is 11.5 Å². The third-order valence-electron chi connectivity index (χ3n) is 5.19. The Labute approximate surface area is 159 Å². The molecule has 1 aromatic carbocycles. The first-order valence-corrected chi connectivity index (χ1v) is 9.35. The standard InChI is InChI=1S/C21H24N6/c1-2-6-17-13-24-21-19(25-16-7-4-3-5-8-16)18(20(23)26-27(17)21)14-9-11-15(22)12-10-14/h3-5,7-8,13-15,25H,9-12,22H2,1H3,(H2,23,26)/t14-,15-. The van der Waals surface area contributed by atoms with Crippen molar-refractivity contribution in [1.82, 2.24) is 14.6 Å². The molecule has 5 N–H and O–H groups in total. The summed E-state index contributed by atoms with van der Waals surface area (Å²) < 4.78 is 1.73. The van der Waals surface area contributed by atoms with Gasteiger partial charge in [0.2, 0.25) is 0 Å². The summed E-state index contributed by atoms with van der Waals surface area (Å²) in [6.07, 6.45) is 5.77. The summed E-state index contributed by atoms with van der Waals surface area (Å²) >= 11 is 0. The number of nitrogens with zero attached hydrogens (tertiary/aromatic N) is 3. The fraction of sp³-hybridized carbons (Fsp3) is 0.333. The van der Waals surface area contributed by atoms with Gasteiger partial charge in [0, 0.05) is 17.3 Å². The largest absolute Gasteiger partial charge is 0.382 e. The highest BCUT2D eigenvalue weighted by Gasteiger charge is 2.27. The molecule has 6 nitrogen and oxygen atoms in total. The molecule has 0 aliphatic heterocycles. The fourth-order valence-corrected chi connectivity index (χ4v) is 3.85. The number of para-hydroxylation sites is 1. The topological polar surface area (TPSA) is 94.3 Å². The number of aromatic nitrogens is 3. The normalized spacial score (nSPS) is 19.5. The zero-order chi connectivity index (χ0) is 18.8. The van der Waals surface area contributed by atoms with Crippen molar-refractivity contribution in [3.8, 4) is 11.8 Å². The van der Waals surface area contributed by atoms with Gasteiger partial charge in [-0.2, -0.15) is 0 Å². The van der Waals surface area contributed by atoms with Gasteiger partial charge in [-0.1, -0.05) is 24.1 Å². The van der Waals surface area contributed by atoms with Crippen molar-refractivity contribution in [3.63, 3.8) is 0 Å². The molecule has 27 heavy (non-hydrogen) atoms. The summed E-state index contributed by atoms with van der Waals surface area (Å²) in [5.41, 5.74) is 17.0. The minimum atomic E-state index is 0.280. The summed E-state index contributed by atoms with van der Waals surface area (Å²) in [4.78, 5) is 4.60. The van der Waals surface area contributed by atoms with E-state index in [2.05, 4.69) is 27.2 Å². The number of imidazole rings is 1. The molecule has 1 fully saturated rings. The summed E-state index contributed by atoms with van der Waals surface area (Å²) in [7, 11) is 0. The predicted molar refractivity (Wildman–Crippen MR) is 109 cm³/mol. The van der Waals surface area contributed by atoms with Gasteiger partial charge in [0.15, 0.2) is 5.65 Å². The van der Waals surface area contributed by atoms with Crippen molar-refractivity contribution in [2.24, 2.45) is 5.73 Å². The summed E-state index contributed by atoms with van der Waals surface area (Å²) in [6, 6.07) is 10.3. The molecular formula is C21H24N6. The molecule has 2 heterocycles. The number of fused-ring (bicyclic) bond motifs is 1. The molecular weight excluding hydrogens is 336 g/mol. The van der Waals surface area contributed by atoms with E-state index in [-0.39, 0.29) is 6.04 Å². The highest BCUT2D eigenvalue weighted by atomic mass is 15.3. The van der Waals surface area contributed by atoms with Crippen LogP contribution in [0.3, 0.4) is 0 Å². The monoisotopic (exact) mass is 360 g/mol. The van der Waals surface area contributed by atoms with Crippen LogP contribution in [0.1, 0.15) is 49.8 Å². The van der Waals surface area contributed by atoms with Gasteiger partial charge in [-0.3, -0.25) is 0 Å². The van der Waals surface area contributed by atoms with E-state index >= 15 is 0 Å². The molecule has 1 saturated carbocycles. The van der Waals surface area contributed by atoms with Crippen LogP contribution < -0.4 is 16.8 Å². The number of nitrogens with two attached hydrogens (primary N) is 2. The Morgan fingerprint density at radius 3 is 2.59 bits per heavy atom. The van der Waals surface area contributed by atoms with Gasteiger partial charge in [-0.25, -0.2) is 9.50 Å². The van der Waals surface area contributed by atoms with E-state index in [4.69, 9.17) is 11.5 Å². The molecule has 0 amide bonds. The number of hydrogen-bond donors (Lipinski definition) is 3. The Kier molecular flexibility index (Phi) is 4.69. The minimum Gasteiger partial charge on any atom is -0.382 e. The third-order valence-corrected chi connectivity index (χ3v) is 5.19. The van der Waals surface area contributed by atoms with Crippen LogP contribution in [-0.2, 0) is 0 Å². The van der Waals surface area contributed by atoms with Crippen LogP contribution in [0.15, 0.2) is 36.5 Å². The lowest BCUT2D eigenvalue weighted by molar-refractivity contribution is 0.396. The van der Waals surface area contributed by atoms with Crippen LogP contribution in [0.5, 0.6) is 0 Å². The van der Waals surface area contributed by atoms with Crippen molar-refractivity contribution in [3.05, 3.63) is 47.8 Å². The molecule has 0 unspecified atom stereocenters. The van der Waals surface area contributed by atoms with Gasteiger partial charge >= 0.3 is 0 Å². The van der Waals surface area contributed by atoms with E-state index in [0.717, 1.165) is 54.0 Å². The van der Waals surface area contributed by atoms with Crippen LogP contribution in [0.4, 0.5) is 17.2 Å². The molecule has 4 rings (SSSR count). The highest BCUT2D eigenvalue weighted by Crippen LogP contribution is 2.41. The van der Waals surface area contributed by atoms with E-state index in [1.807, 2.05) is 30.3 Å². The van der Waals surface area contributed by atoms with Crippen molar-refractivity contribution in [2.45, 2.75) is 44.6 Å². The fourth-order valence-electron chi connectivity index (χ4n) is 3.85. The first-order valence-electron chi connectivity index (χ1n) is 9.35. The second kappa shape index (κ2) is 7.29. The SMILES string of the molecule is CC#Cc1cnc2c(Nc3ccccc3)c([C@H]3CC[C@H](N)CC3)c(N)nn12. The first kappa shape index (κ1) is 17.4. The van der Waals surface area contributed by atoms with Crippen molar-refractivity contribution >= 4 is 22.8 Å². The molecule has 1 aliphatic carbocycles. The van der Waals surface area contributed by atoms with Gasteiger partial charge in [-0.15, -0.1) is 5.10 Å². The number of rotatable bonds is 3. The maximum Gasteiger partial charge on any atom is 0.179 e. The average molecular weight is 360 g/mol. The molecule has 6 heteroatoms. The van der Waals surface area contributed by atoms with Crippen LogP contribution in [0.25, 0.3) is 5.65 Å². The molecule has 0 radical (unpaired) electrons. The number of hydrogen-bond acceptors (Lipinski definition) is 5. The van der Waals surface area contributed by atoms with E-state index in [1.165, 1.54) is 0 Å². The Hall–Kier alpha value is -3.04. The lowest BCUT2D eigenvalue weighted by Crippen LogP contribution is -2.26. The van der Waals surface area contributed by atoms with E-state index in [9.17, 15) is 0 Å². The summed E-state index contributed by atoms with van der Waals surface area (Å²) in [5, 5.41) is 8.15. The number of nitrogens with one attached hydrogen (secondary N) is 1. The van der Waals surface area contributed by atoms with Gasteiger partial charge < -0.3 is 16.8 Å². The number of nitrogen functional groups attached to an aromatic ring is 1. The van der Waals surface area contributed by atoms with E-state index in [0.29, 0.717) is 11.7 Å². The van der Waals surface area contributed by atoms with Crippen molar-refractivity contribution in [1.29, 1.82) is 0 Å². The van der Waals surface area contributed by atoms with Crippen LogP contribution in [0.2, 0.25) is 0 Å². The Morgan fingerprint density at radius 2 is 1.89 bits per heavy atom. The number of benzene rings is 1. The minimum absolute atomic E-state index is 0.280. The predicted octanol–water partition coefficient (Wildman–Crippen LogP) is 3.41. The summed E-state index contributed by atoms with van der Waals surface area (Å²) in [6.45, 7) is 1.80.